The average Bonchev–Trinajstić information content (AvgIpc) is 2.06. The van der Waals surface area contributed by atoms with E-state index in [1.165, 1.54) is 12.1 Å². The Balaban J connectivity index is 3.08. The standard InChI is InChI=1S/C11H12F2Si/c1-14(2,3)8-7-9-5-4-6-10(12)11(9)13/h4-6H,1-3H3. The van der Waals surface area contributed by atoms with Crippen molar-refractivity contribution in [1.82, 2.24) is 0 Å². The van der Waals surface area contributed by atoms with Gasteiger partial charge in [-0.15, -0.1) is 5.54 Å². The highest BCUT2D eigenvalue weighted by atomic mass is 28.3. The number of benzene rings is 1. The van der Waals surface area contributed by atoms with Gasteiger partial charge in [0.15, 0.2) is 11.6 Å². The van der Waals surface area contributed by atoms with E-state index in [1.807, 2.05) is 0 Å². The molecule has 0 N–H and O–H groups in total. The Morgan fingerprint density at radius 2 is 1.79 bits per heavy atom. The summed E-state index contributed by atoms with van der Waals surface area (Å²) in [6.45, 7) is 6.16. The van der Waals surface area contributed by atoms with E-state index in [-0.39, 0.29) is 5.56 Å². The molecule has 0 unspecified atom stereocenters. The molecular formula is C11H12F2Si. The molecule has 0 nitrogen and oxygen atoms in total. The third kappa shape index (κ3) is 2.97. The first-order valence-corrected chi connectivity index (χ1v) is 7.87. The zero-order valence-electron chi connectivity index (χ0n) is 8.49. The van der Waals surface area contributed by atoms with Gasteiger partial charge in [0.2, 0.25) is 0 Å². The first-order chi connectivity index (χ1) is 6.40. The van der Waals surface area contributed by atoms with Gasteiger partial charge in [0.25, 0.3) is 0 Å². The zero-order chi connectivity index (χ0) is 10.8. The molecule has 0 heterocycles. The van der Waals surface area contributed by atoms with Crippen LogP contribution in [0.15, 0.2) is 18.2 Å². The normalized spacial score (nSPS) is 10.6. The summed E-state index contributed by atoms with van der Waals surface area (Å²) in [4.78, 5) is 0. The maximum Gasteiger partial charge on any atom is 0.174 e. The quantitative estimate of drug-likeness (QED) is 0.455. The zero-order valence-corrected chi connectivity index (χ0v) is 9.49. The van der Waals surface area contributed by atoms with E-state index in [4.69, 9.17) is 0 Å². The van der Waals surface area contributed by atoms with Gasteiger partial charge in [-0.2, -0.15) is 0 Å². The van der Waals surface area contributed by atoms with Crippen LogP contribution in [-0.2, 0) is 0 Å². The molecule has 1 rings (SSSR count). The Morgan fingerprint density at radius 3 is 2.36 bits per heavy atom. The molecule has 0 amide bonds. The van der Waals surface area contributed by atoms with Gasteiger partial charge in [-0.1, -0.05) is 31.6 Å². The third-order valence-corrected chi connectivity index (χ3v) is 2.40. The SMILES string of the molecule is C[Si](C)(C)C#Cc1cccc(F)c1F. The van der Waals surface area contributed by atoms with Crippen LogP contribution >= 0.6 is 0 Å². The second-order valence-electron chi connectivity index (χ2n) is 4.10. The lowest BCUT2D eigenvalue weighted by Gasteiger charge is -2.03. The van der Waals surface area contributed by atoms with Crippen molar-refractivity contribution in [1.29, 1.82) is 0 Å². The van der Waals surface area contributed by atoms with Crippen LogP contribution in [-0.4, -0.2) is 8.07 Å². The van der Waals surface area contributed by atoms with Crippen molar-refractivity contribution in [2.45, 2.75) is 19.6 Å². The minimum absolute atomic E-state index is 0.146. The van der Waals surface area contributed by atoms with Crippen molar-refractivity contribution in [2.75, 3.05) is 0 Å². The van der Waals surface area contributed by atoms with Crippen LogP contribution in [0.5, 0.6) is 0 Å². The highest BCUT2D eigenvalue weighted by Gasteiger charge is 2.09. The summed E-state index contributed by atoms with van der Waals surface area (Å²) in [6, 6.07) is 4.05. The van der Waals surface area contributed by atoms with Gasteiger partial charge in [0, 0.05) is 0 Å². The average molecular weight is 210 g/mol. The molecule has 0 atom stereocenters. The van der Waals surface area contributed by atoms with Gasteiger partial charge in [0.05, 0.1) is 5.56 Å². The van der Waals surface area contributed by atoms with E-state index in [1.54, 1.807) is 0 Å². The summed E-state index contributed by atoms with van der Waals surface area (Å²) >= 11 is 0. The smallest absolute Gasteiger partial charge is 0.174 e. The van der Waals surface area contributed by atoms with Crippen LogP contribution < -0.4 is 0 Å². The first-order valence-electron chi connectivity index (χ1n) is 4.37. The summed E-state index contributed by atoms with van der Waals surface area (Å²) in [7, 11) is -1.53. The van der Waals surface area contributed by atoms with Gasteiger partial charge in [-0.3, -0.25) is 0 Å². The predicted molar refractivity (Wildman–Crippen MR) is 56.6 cm³/mol. The molecule has 0 saturated heterocycles. The fourth-order valence-electron chi connectivity index (χ4n) is 0.855. The van der Waals surface area contributed by atoms with Gasteiger partial charge < -0.3 is 0 Å². The number of rotatable bonds is 0. The summed E-state index contributed by atoms with van der Waals surface area (Å²) in [5.74, 6) is 1.00. The Kier molecular flexibility index (Phi) is 3.07. The molecule has 0 radical (unpaired) electrons. The molecule has 0 aliphatic heterocycles. The molecule has 0 bridgehead atoms. The highest BCUT2D eigenvalue weighted by Crippen LogP contribution is 2.10. The van der Waals surface area contributed by atoms with E-state index in [0.717, 1.165) is 6.07 Å². The van der Waals surface area contributed by atoms with Crippen molar-refractivity contribution in [2.24, 2.45) is 0 Å². The fourth-order valence-corrected chi connectivity index (χ4v) is 1.36. The van der Waals surface area contributed by atoms with Crippen molar-refractivity contribution in [3.05, 3.63) is 35.4 Å². The first kappa shape index (κ1) is 10.9. The van der Waals surface area contributed by atoms with Crippen LogP contribution in [0.25, 0.3) is 0 Å². The topological polar surface area (TPSA) is 0 Å². The molecular weight excluding hydrogens is 198 g/mol. The second kappa shape index (κ2) is 3.93. The molecule has 0 aliphatic rings. The summed E-state index contributed by atoms with van der Waals surface area (Å²) in [6.07, 6.45) is 0. The Bertz CT molecular complexity index is 394. The molecule has 3 heteroatoms. The molecule has 0 fully saturated rings. The van der Waals surface area contributed by atoms with Crippen LogP contribution in [0.1, 0.15) is 5.56 Å². The van der Waals surface area contributed by atoms with Gasteiger partial charge in [-0.25, -0.2) is 8.78 Å². The second-order valence-corrected chi connectivity index (χ2v) is 8.85. The van der Waals surface area contributed by atoms with Crippen molar-refractivity contribution in [3.63, 3.8) is 0 Å². The van der Waals surface area contributed by atoms with E-state index >= 15 is 0 Å². The number of halogens is 2. The maximum absolute atomic E-state index is 13.1. The van der Waals surface area contributed by atoms with Crippen molar-refractivity contribution < 1.29 is 8.78 Å². The fraction of sp³-hybridized carbons (Fsp3) is 0.273. The molecule has 0 saturated carbocycles. The lowest BCUT2D eigenvalue weighted by Crippen LogP contribution is -2.16. The van der Waals surface area contributed by atoms with E-state index in [9.17, 15) is 8.78 Å². The minimum atomic E-state index is -1.53. The lowest BCUT2D eigenvalue weighted by atomic mass is 10.2. The summed E-state index contributed by atoms with van der Waals surface area (Å²) in [5, 5.41) is 0. The molecule has 14 heavy (non-hydrogen) atoms. The summed E-state index contributed by atoms with van der Waals surface area (Å²) < 4.78 is 25.9. The lowest BCUT2D eigenvalue weighted by molar-refractivity contribution is 0.506. The van der Waals surface area contributed by atoms with Crippen molar-refractivity contribution in [3.8, 4) is 11.5 Å². The molecule has 1 aromatic rings. The van der Waals surface area contributed by atoms with Crippen LogP contribution in [0.4, 0.5) is 8.78 Å². The maximum atomic E-state index is 13.1. The van der Waals surface area contributed by atoms with Crippen molar-refractivity contribution >= 4 is 8.07 Å². The van der Waals surface area contributed by atoms with Gasteiger partial charge >= 0.3 is 0 Å². The predicted octanol–water partition coefficient (Wildman–Crippen LogP) is 3.19. The molecule has 0 aliphatic carbocycles. The van der Waals surface area contributed by atoms with E-state index in [2.05, 4.69) is 31.1 Å². The molecule has 0 spiro atoms. The molecule has 1 aromatic carbocycles. The molecule has 74 valence electrons. The van der Waals surface area contributed by atoms with Crippen LogP contribution in [0, 0.1) is 23.1 Å². The highest BCUT2D eigenvalue weighted by molar-refractivity contribution is 6.83. The Morgan fingerprint density at radius 1 is 1.14 bits per heavy atom. The number of hydrogen-bond acceptors (Lipinski definition) is 0. The summed E-state index contributed by atoms with van der Waals surface area (Å²) in [5.41, 5.74) is 3.13. The van der Waals surface area contributed by atoms with Gasteiger partial charge in [-0.05, 0) is 12.1 Å². The Hall–Kier alpha value is -1.14. The minimum Gasteiger partial charge on any atom is -0.204 e. The number of hydrogen-bond donors (Lipinski definition) is 0. The Labute approximate surface area is 84.0 Å². The van der Waals surface area contributed by atoms with Gasteiger partial charge in [0.1, 0.15) is 8.07 Å². The van der Waals surface area contributed by atoms with E-state index in [0.29, 0.717) is 0 Å². The van der Waals surface area contributed by atoms with Crippen LogP contribution in [0.3, 0.4) is 0 Å². The third-order valence-electron chi connectivity index (χ3n) is 1.52. The van der Waals surface area contributed by atoms with Crippen LogP contribution in [0.2, 0.25) is 19.6 Å². The monoisotopic (exact) mass is 210 g/mol. The largest absolute Gasteiger partial charge is 0.204 e. The molecule has 0 aromatic heterocycles. The van der Waals surface area contributed by atoms with E-state index < -0.39 is 19.7 Å².